The van der Waals surface area contributed by atoms with Gasteiger partial charge in [0.1, 0.15) is 0 Å². The van der Waals surface area contributed by atoms with Crippen LogP contribution in [0.4, 0.5) is 0 Å². The Morgan fingerprint density at radius 2 is 1.79 bits per heavy atom. The van der Waals surface area contributed by atoms with E-state index in [1.807, 2.05) is 0 Å². The summed E-state index contributed by atoms with van der Waals surface area (Å²) in [5.74, 6) is 2.56. The van der Waals surface area contributed by atoms with Crippen LogP contribution in [0.3, 0.4) is 0 Å². The zero-order valence-corrected chi connectivity index (χ0v) is 19.2. The number of hydrogen-bond acceptors (Lipinski definition) is 1. The number of aliphatic hydroxyl groups excluding tert-OH is 1. The lowest BCUT2D eigenvalue weighted by molar-refractivity contribution is 0.159. The SMILES string of the molecule is CC1=C(C=CC2=C3CCC(C(C)CCCC(C)C)C3(C)CCC2)CC(O)CC1. The molecule has 0 aliphatic heterocycles. The van der Waals surface area contributed by atoms with Crippen molar-refractivity contribution in [1.29, 1.82) is 0 Å². The molecule has 158 valence electrons. The van der Waals surface area contributed by atoms with E-state index in [1.54, 1.807) is 11.1 Å². The molecular formula is C27H44O. The smallest absolute Gasteiger partial charge is 0.0583 e. The average molecular weight is 385 g/mol. The minimum atomic E-state index is -0.139. The van der Waals surface area contributed by atoms with E-state index in [0.717, 1.165) is 37.0 Å². The Balaban J connectivity index is 1.74. The fourth-order valence-corrected chi connectivity index (χ4v) is 6.42. The van der Waals surface area contributed by atoms with E-state index in [0.29, 0.717) is 5.41 Å². The molecule has 0 aromatic heterocycles. The third-order valence-corrected chi connectivity index (χ3v) is 8.21. The van der Waals surface area contributed by atoms with Crippen LogP contribution >= 0.6 is 0 Å². The second-order valence-corrected chi connectivity index (χ2v) is 10.8. The second kappa shape index (κ2) is 9.33. The molecule has 1 N–H and O–H groups in total. The number of fused-ring (bicyclic) bond motifs is 1. The molecule has 0 aromatic rings. The predicted molar refractivity (Wildman–Crippen MR) is 121 cm³/mol. The lowest BCUT2D eigenvalue weighted by Gasteiger charge is -2.40. The molecule has 1 fully saturated rings. The molecule has 0 radical (unpaired) electrons. The van der Waals surface area contributed by atoms with Crippen molar-refractivity contribution in [2.24, 2.45) is 23.2 Å². The molecule has 4 atom stereocenters. The highest BCUT2D eigenvalue weighted by atomic mass is 16.3. The van der Waals surface area contributed by atoms with Crippen LogP contribution in [0.15, 0.2) is 34.4 Å². The molecule has 3 rings (SSSR count). The maximum absolute atomic E-state index is 10.0. The highest BCUT2D eigenvalue weighted by molar-refractivity contribution is 5.40. The molecule has 1 heteroatoms. The van der Waals surface area contributed by atoms with Crippen LogP contribution in [0, 0.1) is 23.2 Å². The average Bonchev–Trinajstić information content (AvgIpc) is 2.99. The van der Waals surface area contributed by atoms with Gasteiger partial charge in [-0.3, -0.25) is 0 Å². The molecule has 0 bridgehead atoms. The van der Waals surface area contributed by atoms with E-state index in [9.17, 15) is 5.11 Å². The van der Waals surface area contributed by atoms with Gasteiger partial charge in [-0.1, -0.05) is 70.3 Å². The molecule has 4 unspecified atom stereocenters. The lowest BCUT2D eigenvalue weighted by Crippen LogP contribution is -2.31. The Hall–Kier alpha value is -0.820. The zero-order valence-electron chi connectivity index (χ0n) is 19.2. The first kappa shape index (κ1) is 21.9. The Morgan fingerprint density at radius 3 is 2.54 bits per heavy atom. The number of aliphatic hydroxyl groups is 1. The molecule has 28 heavy (non-hydrogen) atoms. The Labute approximate surface area is 174 Å². The second-order valence-electron chi connectivity index (χ2n) is 10.8. The number of hydrogen-bond donors (Lipinski definition) is 1. The minimum absolute atomic E-state index is 0.139. The number of rotatable bonds is 7. The van der Waals surface area contributed by atoms with Gasteiger partial charge >= 0.3 is 0 Å². The van der Waals surface area contributed by atoms with Gasteiger partial charge < -0.3 is 5.11 Å². The lowest BCUT2D eigenvalue weighted by atomic mass is 9.64. The topological polar surface area (TPSA) is 20.2 Å². The van der Waals surface area contributed by atoms with Crippen LogP contribution in [-0.4, -0.2) is 11.2 Å². The zero-order chi connectivity index (χ0) is 20.3. The summed E-state index contributed by atoms with van der Waals surface area (Å²) in [6.45, 7) is 12.1. The van der Waals surface area contributed by atoms with Crippen molar-refractivity contribution in [2.75, 3.05) is 0 Å². The highest BCUT2D eigenvalue weighted by Crippen LogP contribution is 2.58. The largest absolute Gasteiger partial charge is 0.393 e. The van der Waals surface area contributed by atoms with Crippen LogP contribution in [0.5, 0.6) is 0 Å². The Kier molecular flexibility index (Phi) is 7.29. The van der Waals surface area contributed by atoms with Gasteiger partial charge in [0.15, 0.2) is 0 Å². The molecule has 0 saturated heterocycles. The Bertz CT molecular complexity index is 635. The van der Waals surface area contributed by atoms with Crippen molar-refractivity contribution in [3.63, 3.8) is 0 Å². The van der Waals surface area contributed by atoms with E-state index in [2.05, 4.69) is 46.8 Å². The third-order valence-electron chi connectivity index (χ3n) is 8.21. The molecule has 0 aromatic carbocycles. The summed E-state index contributed by atoms with van der Waals surface area (Å²) in [6, 6.07) is 0. The van der Waals surface area contributed by atoms with Crippen LogP contribution < -0.4 is 0 Å². The first-order valence-corrected chi connectivity index (χ1v) is 12.1. The summed E-state index contributed by atoms with van der Waals surface area (Å²) in [6.07, 6.45) is 18.4. The Morgan fingerprint density at radius 1 is 1.04 bits per heavy atom. The van der Waals surface area contributed by atoms with E-state index in [4.69, 9.17) is 0 Å². The summed E-state index contributed by atoms with van der Waals surface area (Å²) in [4.78, 5) is 0. The maximum atomic E-state index is 10.0. The van der Waals surface area contributed by atoms with Crippen molar-refractivity contribution in [3.05, 3.63) is 34.4 Å². The van der Waals surface area contributed by atoms with Gasteiger partial charge in [0, 0.05) is 0 Å². The molecule has 0 amide bonds. The number of allylic oxidation sites excluding steroid dienone is 5. The standard InChI is InChI=1S/C27H44O/c1-19(2)8-6-9-21(4)25-15-16-26-22(10-7-17-27(25,26)5)12-13-23-18-24(28)14-11-20(23)3/h12-13,19,21,24-25,28H,6-11,14-18H2,1-5H3. The molecule has 3 aliphatic carbocycles. The van der Waals surface area contributed by atoms with E-state index < -0.39 is 0 Å². The third kappa shape index (κ3) is 4.84. The van der Waals surface area contributed by atoms with Gasteiger partial charge in [0.2, 0.25) is 0 Å². The molecule has 0 heterocycles. The van der Waals surface area contributed by atoms with Gasteiger partial charge in [-0.2, -0.15) is 0 Å². The van der Waals surface area contributed by atoms with Crippen LogP contribution in [0.1, 0.15) is 105 Å². The fourth-order valence-electron chi connectivity index (χ4n) is 6.42. The molecule has 1 nitrogen and oxygen atoms in total. The highest BCUT2D eigenvalue weighted by Gasteiger charge is 2.46. The van der Waals surface area contributed by atoms with Crippen molar-refractivity contribution in [1.82, 2.24) is 0 Å². The summed E-state index contributed by atoms with van der Waals surface area (Å²) < 4.78 is 0. The quantitative estimate of drug-likeness (QED) is 0.475. The van der Waals surface area contributed by atoms with Crippen molar-refractivity contribution < 1.29 is 5.11 Å². The predicted octanol–water partition coefficient (Wildman–Crippen LogP) is 7.76. The van der Waals surface area contributed by atoms with Crippen LogP contribution in [-0.2, 0) is 0 Å². The minimum Gasteiger partial charge on any atom is -0.393 e. The van der Waals surface area contributed by atoms with Gasteiger partial charge in [-0.05, 0) is 92.6 Å². The first-order valence-electron chi connectivity index (χ1n) is 12.1. The molecular weight excluding hydrogens is 340 g/mol. The van der Waals surface area contributed by atoms with E-state index in [1.165, 1.54) is 62.5 Å². The first-order chi connectivity index (χ1) is 13.3. The van der Waals surface area contributed by atoms with Crippen LogP contribution in [0.2, 0.25) is 0 Å². The van der Waals surface area contributed by atoms with Gasteiger partial charge in [0.05, 0.1) is 6.10 Å². The summed E-state index contributed by atoms with van der Waals surface area (Å²) in [7, 11) is 0. The fraction of sp³-hybridized carbons (Fsp3) is 0.778. The summed E-state index contributed by atoms with van der Waals surface area (Å²) in [5, 5.41) is 10.0. The van der Waals surface area contributed by atoms with Gasteiger partial charge in [0.25, 0.3) is 0 Å². The summed E-state index contributed by atoms with van der Waals surface area (Å²) >= 11 is 0. The molecule has 0 spiro atoms. The van der Waals surface area contributed by atoms with Gasteiger partial charge in [-0.15, -0.1) is 0 Å². The van der Waals surface area contributed by atoms with E-state index >= 15 is 0 Å². The van der Waals surface area contributed by atoms with Crippen molar-refractivity contribution >= 4 is 0 Å². The van der Waals surface area contributed by atoms with Crippen molar-refractivity contribution in [3.8, 4) is 0 Å². The van der Waals surface area contributed by atoms with Gasteiger partial charge in [-0.25, -0.2) is 0 Å². The van der Waals surface area contributed by atoms with Crippen LogP contribution in [0.25, 0.3) is 0 Å². The molecule has 1 saturated carbocycles. The normalized spacial score (nSPS) is 32.5. The molecule has 3 aliphatic rings. The summed E-state index contributed by atoms with van der Waals surface area (Å²) in [5.41, 5.74) is 6.71. The monoisotopic (exact) mass is 384 g/mol. The van der Waals surface area contributed by atoms with Crippen molar-refractivity contribution in [2.45, 2.75) is 111 Å². The maximum Gasteiger partial charge on any atom is 0.0583 e. The van der Waals surface area contributed by atoms with E-state index in [-0.39, 0.29) is 6.10 Å².